The van der Waals surface area contributed by atoms with Gasteiger partial charge in [-0.1, -0.05) is 18.2 Å². The van der Waals surface area contributed by atoms with Gasteiger partial charge in [0.05, 0.1) is 12.0 Å². The van der Waals surface area contributed by atoms with Crippen LogP contribution in [0.1, 0.15) is 0 Å². The zero-order valence-corrected chi connectivity index (χ0v) is 7.41. The van der Waals surface area contributed by atoms with Crippen LogP contribution in [0.25, 0.3) is 11.3 Å². The molecule has 0 saturated carbocycles. The van der Waals surface area contributed by atoms with E-state index in [0.717, 1.165) is 16.9 Å². The van der Waals surface area contributed by atoms with Crippen molar-refractivity contribution in [3.63, 3.8) is 0 Å². The van der Waals surface area contributed by atoms with E-state index in [-0.39, 0.29) is 0 Å². The zero-order valence-electron chi connectivity index (χ0n) is 7.41. The van der Waals surface area contributed by atoms with Gasteiger partial charge in [0.25, 0.3) is 0 Å². The van der Waals surface area contributed by atoms with Gasteiger partial charge < -0.3 is 10.3 Å². The molecule has 3 nitrogen and oxygen atoms in total. The van der Waals surface area contributed by atoms with Crippen molar-refractivity contribution in [2.45, 2.75) is 0 Å². The number of aromatic amines is 1. The monoisotopic (exact) mass is 173 g/mol. The maximum absolute atomic E-state index is 4.20. The minimum atomic E-state index is 0.963. The van der Waals surface area contributed by atoms with Crippen molar-refractivity contribution in [2.24, 2.45) is 0 Å². The van der Waals surface area contributed by atoms with Crippen molar-refractivity contribution in [3.8, 4) is 11.3 Å². The minimum Gasteiger partial charge on any atom is -0.388 e. The Kier molecular flexibility index (Phi) is 2.00. The summed E-state index contributed by atoms with van der Waals surface area (Å²) in [6.45, 7) is 0. The zero-order chi connectivity index (χ0) is 9.10. The molecule has 0 unspecified atom stereocenters. The molecule has 0 fully saturated rings. The summed E-state index contributed by atoms with van der Waals surface area (Å²) in [5, 5.41) is 3.13. The number of nitrogens with zero attached hydrogens (tertiary/aromatic N) is 1. The van der Waals surface area contributed by atoms with Crippen LogP contribution in [0.4, 0.5) is 5.69 Å². The molecule has 2 aromatic rings. The topological polar surface area (TPSA) is 40.7 Å². The molecule has 0 aliphatic carbocycles. The Morgan fingerprint density at radius 1 is 1.31 bits per heavy atom. The number of hydrogen-bond donors (Lipinski definition) is 2. The van der Waals surface area contributed by atoms with Crippen LogP contribution in [0.15, 0.2) is 36.8 Å². The van der Waals surface area contributed by atoms with Crippen LogP contribution in [-0.4, -0.2) is 17.0 Å². The van der Waals surface area contributed by atoms with Crippen LogP contribution in [0.2, 0.25) is 0 Å². The van der Waals surface area contributed by atoms with Gasteiger partial charge in [-0.15, -0.1) is 0 Å². The SMILES string of the molecule is CNc1ccccc1-c1c[nH]cn1. The average Bonchev–Trinajstić information content (AvgIpc) is 2.70. The van der Waals surface area contributed by atoms with E-state index in [9.17, 15) is 0 Å². The standard InChI is InChI=1S/C10H11N3/c1-11-9-5-3-2-4-8(9)10-6-12-7-13-10/h2-7,11H,1H3,(H,12,13). The van der Waals surface area contributed by atoms with Crippen molar-refractivity contribution in [1.82, 2.24) is 9.97 Å². The summed E-state index contributed by atoms with van der Waals surface area (Å²) in [6, 6.07) is 8.08. The molecule has 0 amide bonds. The Morgan fingerprint density at radius 3 is 2.85 bits per heavy atom. The molecule has 0 spiro atoms. The molecule has 0 bridgehead atoms. The maximum Gasteiger partial charge on any atom is 0.0927 e. The van der Waals surface area contributed by atoms with E-state index in [0.29, 0.717) is 0 Å². The molecule has 0 aliphatic heterocycles. The first-order chi connectivity index (χ1) is 6.42. The first-order valence-electron chi connectivity index (χ1n) is 4.18. The molecule has 13 heavy (non-hydrogen) atoms. The summed E-state index contributed by atoms with van der Waals surface area (Å²) in [6.07, 6.45) is 3.57. The van der Waals surface area contributed by atoms with E-state index >= 15 is 0 Å². The van der Waals surface area contributed by atoms with Crippen molar-refractivity contribution >= 4 is 5.69 Å². The number of rotatable bonds is 2. The Bertz CT molecular complexity index is 379. The average molecular weight is 173 g/mol. The normalized spacial score (nSPS) is 9.92. The van der Waals surface area contributed by atoms with E-state index in [1.54, 1.807) is 6.33 Å². The number of anilines is 1. The summed E-state index contributed by atoms with van der Waals surface area (Å²) < 4.78 is 0. The second-order valence-corrected chi connectivity index (χ2v) is 2.75. The molecule has 66 valence electrons. The molecule has 1 aromatic heterocycles. The molecule has 3 heteroatoms. The number of H-pyrrole nitrogens is 1. The predicted molar refractivity (Wildman–Crippen MR) is 53.6 cm³/mol. The van der Waals surface area contributed by atoms with Gasteiger partial charge >= 0.3 is 0 Å². The van der Waals surface area contributed by atoms with Crippen molar-refractivity contribution in [2.75, 3.05) is 12.4 Å². The number of aromatic nitrogens is 2. The summed E-state index contributed by atoms with van der Waals surface area (Å²) in [4.78, 5) is 7.14. The molecule has 0 saturated heterocycles. The molecule has 0 atom stereocenters. The van der Waals surface area contributed by atoms with Crippen molar-refractivity contribution in [3.05, 3.63) is 36.8 Å². The quantitative estimate of drug-likeness (QED) is 0.730. The van der Waals surface area contributed by atoms with Crippen molar-refractivity contribution < 1.29 is 0 Å². The van der Waals surface area contributed by atoms with E-state index in [1.807, 2.05) is 37.5 Å². The fraction of sp³-hybridized carbons (Fsp3) is 0.100. The van der Waals surface area contributed by atoms with Gasteiger partial charge in [-0.2, -0.15) is 0 Å². The number of nitrogens with one attached hydrogen (secondary N) is 2. The highest BCUT2D eigenvalue weighted by Crippen LogP contribution is 2.24. The third-order valence-electron chi connectivity index (χ3n) is 1.97. The van der Waals surface area contributed by atoms with Crippen LogP contribution < -0.4 is 5.32 Å². The summed E-state index contributed by atoms with van der Waals surface area (Å²) in [5.41, 5.74) is 3.17. The predicted octanol–water partition coefficient (Wildman–Crippen LogP) is 2.12. The Hall–Kier alpha value is -1.77. The number of benzene rings is 1. The van der Waals surface area contributed by atoms with Crippen LogP contribution in [-0.2, 0) is 0 Å². The largest absolute Gasteiger partial charge is 0.388 e. The lowest BCUT2D eigenvalue weighted by atomic mass is 10.1. The van der Waals surface area contributed by atoms with Crippen LogP contribution >= 0.6 is 0 Å². The maximum atomic E-state index is 4.20. The highest BCUT2D eigenvalue weighted by molar-refractivity contribution is 5.74. The number of para-hydroxylation sites is 1. The molecular formula is C10H11N3. The Balaban J connectivity index is 2.51. The second kappa shape index (κ2) is 3.31. The molecule has 0 radical (unpaired) electrons. The minimum absolute atomic E-state index is 0.963. The smallest absolute Gasteiger partial charge is 0.0927 e. The van der Waals surface area contributed by atoms with Crippen molar-refractivity contribution in [1.29, 1.82) is 0 Å². The third-order valence-corrected chi connectivity index (χ3v) is 1.97. The van der Waals surface area contributed by atoms with Gasteiger partial charge in [0.1, 0.15) is 0 Å². The molecule has 1 heterocycles. The third kappa shape index (κ3) is 1.40. The van der Waals surface area contributed by atoms with Gasteiger partial charge in [0.2, 0.25) is 0 Å². The van der Waals surface area contributed by atoms with E-state index in [1.165, 1.54) is 0 Å². The van der Waals surface area contributed by atoms with E-state index in [2.05, 4.69) is 15.3 Å². The van der Waals surface area contributed by atoms with Crippen LogP contribution in [0, 0.1) is 0 Å². The fourth-order valence-corrected chi connectivity index (χ4v) is 1.33. The van der Waals surface area contributed by atoms with Gasteiger partial charge in [0, 0.05) is 24.5 Å². The highest BCUT2D eigenvalue weighted by atomic mass is 14.9. The molecule has 0 aliphatic rings. The lowest BCUT2D eigenvalue weighted by Gasteiger charge is -2.05. The lowest BCUT2D eigenvalue weighted by Crippen LogP contribution is -1.90. The first-order valence-corrected chi connectivity index (χ1v) is 4.18. The van der Waals surface area contributed by atoms with Gasteiger partial charge in [-0.05, 0) is 6.07 Å². The van der Waals surface area contributed by atoms with Gasteiger partial charge in [0.15, 0.2) is 0 Å². The molecule has 2 N–H and O–H groups in total. The number of imidazole rings is 1. The van der Waals surface area contributed by atoms with Gasteiger partial charge in [-0.25, -0.2) is 4.98 Å². The fourth-order valence-electron chi connectivity index (χ4n) is 1.33. The lowest BCUT2D eigenvalue weighted by molar-refractivity contribution is 1.31. The van der Waals surface area contributed by atoms with Gasteiger partial charge in [-0.3, -0.25) is 0 Å². The Labute approximate surface area is 76.8 Å². The summed E-state index contributed by atoms with van der Waals surface area (Å²) in [5.74, 6) is 0. The first kappa shape index (κ1) is 7.86. The Morgan fingerprint density at radius 2 is 2.15 bits per heavy atom. The summed E-state index contributed by atoms with van der Waals surface area (Å²) >= 11 is 0. The highest BCUT2D eigenvalue weighted by Gasteiger charge is 2.03. The molecule has 2 rings (SSSR count). The van der Waals surface area contributed by atoms with Crippen LogP contribution in [0.3, 0.4) is 0 Å². The molecular weight excluding hydrogens is 162 g/mol. The van der Waals surface area contributed by atoms with Crippen LogP contribution in [0.5, 0.6) is 0 Å². The molecule has 1 aromatic carbocycles. The summed E-state index contributed by atoms with van der Waals surface area (Å²) in [7, 11) is 1.91. The van der Waals surface area contributed by atoms with E-state index < -0.39 is 0 Å². The second-order valence-electron chi connectivity index (χ2n) is 2.75. The number of hydrogen-bond acceptors (Lipinski definition) is 2. The van der Waals surface area contributed by atoms with E-state index in [4.69, 9.17) is 0 Å².